The van der Waals surface area contributed by atoms with Crippen molar-refractivity contribution in [3.8, 4) is 0 Å². The molecule has 6 heteroatoms. The van der Waals surface area contributed by atoms with Crippen LogP contribution in [0.15, 0.2) is 12.3 Å². The summed E-state index contributed by atoms with van der Waals surface area (Å²) in [5.74, 6) is 0.504. The maximum Gasteiger partial charge on any atom is 0.152 e. The highest BCUT2D eigenvalue weighted by molar-refractivity contribution is 7.91. The molecule has 94 valence electrons. The third-order valence-electron chi connectivity index (χ3n) is 3.73. The minimum absolute atomic E-state index is 0.00681. The first-order chi connectivity index (χ1) is 7.98. The molecule has 1 aliphatic carbocycles. The van der Waals surface area contributed by atoms with Gasteiger partial charge in [-0.3, -0.25) is 4.68 Å². The molecule has 0 aromatic carbocycles. The van der Waals surface area contributed by atoms with Gasteiger partial charge in [-0.1, -0.05) is 0 Å². The van der Waals surface area contributed by atoms with E-state index in [1.807, 2.05) is 10.7 Å². The van der Waals surface area contributed by atoms with Gasteiger partial charge in [0.25, 0.3) is 0 Å². The molecule has 2 N–H and O–H groups in total. The van der Waals surface area contributed by atoms with E-state index in [-0.39, 0.29) is 23.1 Å². The number of aromatic nitrogens is 2. The molecule has 2 fully saturated rings. The molecule has 0 amide bonds. The van der Waals surface area contributed by atoms with Crippen LogP contribution < -0.4 is 5.73 Å². The summed E-state index contributed by atoms with van der Waals surface area (Å²) >= 11 is 0. The Hall–Kier alpha value is -0.880. The number of rotatable bonds is 3. The molecule has 5 nitrogen and oxygen atoms in total. The highest BCUT2D eigenvalue weighted by Gasteiger charge is 2.40. The van der Waals surface area contributed by atoms with Gasteiger partial charge in [-0.25, -0.2) is 8.42 Å². The summed E-state index contributed by atoms with van der Waals surface area (Å²) < 4.78 is 24.8. The molecule has 1 aromatic heterocycles. The smallest absolute Gasteiger partial charge is 0.152 e. The van der Waals surface area contributed by atoms with Crippen LogP contribution in [0, 0.1) is 0 Å². The van der Waals surface area contributed by atoms with Crippen LogP contribution >= 0.6 is 0 Å². The molecule has 2 heterocycles. The van der Waals surface area contributed by atoms with Crippen LogP contribution in [0.2, 0.25) is 0 Å². The molecular formula is C11H17N3O2S. The monoisotopic (exact) mass is 255 g/mol. The molecule has 1 unspecified atom stereocenters. The van der Waals surface area contributed by atoms with Crippen molar-refractivity contribution in [3.63, 3.8) is 0 Å². The van der Waals surface area contributed by atoms with E-state index in [1.165, 1.54) is 0 Å². The summed E-state index contributed by atoms with van der Waals surface area (Å²) in [4.78, 5) is 0. The molecule has 3 rings (SSSR count). The second-order valence-electron chi connectivity index (χ2n) is 5.36. The molecule has 1 saturated heterocycles. The summed E-state index contributed by atoms with van der Waals surface area (Å²) in [5, 5.41) is 4.27. The minimum Gasteiger partial charge on any atom is -0.325 e. The molecule has 0 radical (unpaired) electrons. The van der Waals surface area contributed by atoms with Crippen molar-refractivity contribution in [1.29, 1.82) is 0 Å². The third-order valence-corrected chi connectivity index (χ3v) is 5.48. The van der Waals surface area contributed by atoms with Crippen LogP contribution in [0.4, 0.5) is 0 Å². The lowest BCUT2D eigenvalue weighted by atomic mass is 10.1. The van der Waals surface area contributed by atoms with Gasteiger partial charge in [0.05, 0.1) is 17.5 Å². The fraction of sp³-hybridized carbons (Fsp3) is 0.727. The van der Waals surface area contributed by atoms with E-state index in [9.17, 15) is 8.42 Å². The largest absolute Gasteiger partial charge is 0.325 e. The highest BCUT2D eigenvalue weighted by Crippen LogP contribution is 2.36. The maximum atomic E-state index is 11.5. The van der Waals surface area contributed by atoms with Crippen molar-refractivity contribution in [2.45, 2.75) is 37.3 Å². The molecular weight excluding hydrogens is 238 g/mol. The zero-order valence-corrected chi connectivity index (χ0v) is 10.5. The van der Waals surface area contributed by atoms with Crippen LogP contribution in [-0.2, 0) is 16.3 Å². The van der Waals surface area contributed by atoms with Crippen molar-refractivity contribution >= 4 is 9.84 Å². The Balaban J connectivity index is 1.82. The predicted octanol–water partition coefficient (Wildman–Crippen LogP) is 0.276. The number of hydrogen-bond acceptors (Lipinski definition) is 4. The molecule has 0 spiro atoms. The normalized spacial score (nSPS) is 29.4. The van der Waals surface area contributed by atoms with E-state index in [0.29, 0.717) is 6.42 Å². The number of nitrogens with zero attached hydrogens (tertiary/aromatic N) is 2. The Kier molecular flexibility index (Phi) is 2.35. The molecule has 2 aliphatic rings. The first-order valence-electron chi connectivity index (χ1n) is 5.99. The van der Waals surface area contributed by atoms with Gasteiger partial charge in [-0.2, -0.15) is 5.10 Å². The van der Waals surface area contributed by atoms with Crippen LogP contribution in [0.5, 0.6) is 0 Å². The first-order valence-corrected chi connectivity index (χ1v) is 7.81. The molecule has 1 aliphatic heterocycles. The van der Waals surface area contributed by atoms with Crippen LogP contribution in [0.25, 0.3) is 0 Å². The second-order valence-corrected chi connectivity index (χ2v) is 7.59. The minimum atomic E-state index is -2.86. The van der Waals surface area contributed by atoms with Crippen LogP contribution in [0.1, 0.15) is 31.0 Å². The van der Waals surface area contributed by atoms with E-state index in [2.05, 4.69) is 5.10 Å². The number of nitrogens with two attached hydrogens (primary N) is 1. The summed E-state index contributed by atoms with van der Waals surface area (Å²) in [6, 6.07) is 1.96. The summed E-state index contributed by atoms with van der Waals surface area (Å²) in [6.07, 6.45) is 5.34. The van der Waals surface area contributed by atoms with E-state index < -0.39 is 9.84 Å². The molecule has 1 saturated carbocycles. The van der Waals surface area contributed by atoms with Gasteiger partial charge in [-0.15, -0.1) is 0 Å². The van der Waals surface area contributed by atoms with Gasteiger partial charge in [0.1, 0.15) is 0 Å². The Bertz CT molecular complexity index is 531. The summed E-state index contributed by atoms with van der Waals surface area (Å²) in [7, 11) is -2.86. The predicted molar refractivity (Wildman–Crippen MR) is 64.4 cm³/mol. The topological polar surface area (TPSA) is 78.0 Å². The number of sulfone groups is 1. The lowest BCUT2D eigenvalue weighted by Gasteiger charge is -2.15. The van der Waals surface area contributed by atoms with Crippen molar-refractivity contribution in [2.75, 3.05) is 11.5 Å². The Morgan fingerprint density at radius 3 is 2.88 bits per heavy atom. The first kappa shape index (κ1) is 11.2. The lowest BCUT2D eigenvalue weighted by molar-refractivity contribution is 0.468. The third kappa shape index (κ3) is 2.24. The van der Waals surface area contributed by atoms with Gasteiger partial charge in [-0.05, 0) is 25.3 Å². The fourth-order valence-electron chi connectivity index (χ4n) is 2.48. The zero-order valence-electron chi connectivity index (χ0n) is 9.67. The Morgan fingerprint density at radius 2 is 2.29 bits per heavy atom. The van der Waals surface area contributed by atoms with Gasteiger partial charge in [0.2, 0.25) is 0 Å². The standard InChI is InChI=1S/C11H17N3O2S/c12-11(3-4-11)7-9-1-5-13-14(9)10-2-6-17(15,16)8-10/h1,5,10H,2-4,6-8,12H2. The summed E-state index contributed by atoms with van der Waals surface area (Å²) in [5.41, 5.74) is 7.12. The van der Waals surface area contributed by atoms with Crippen LogP contribution in [-0.4, -0.2) is 35.2 Å². The van der Waals surface area contributed by atoms with Crippen molar-refractivity contribution in [1.82, 2.24) is 9.78 Å². The van der Waals surface area contributed by atoms with E-state index in [4.69, 9.17) is 5.73 Å². The van der Waals surface area contributed by atoms with Gasteiger partial charge in [0, 0.05) is 23.9 Å². The average Bonchev–Trinajstić information content (AvgIpc) is 2.67. The van der Waals surface area contributed by atoms with Gasteiger partial charge < -0.3 is 5.73 Å². The SMILES string of the molecule is NC1(Cc2ccnn2C2CCS(=O)(=O)C2)CC1. The Morgan fingerprint density at radius 1 is 1.53 bits per heavy atom. The molecule has 0 bridgehead atoms. The molecule has 17 heavy (non-hydrogen) atoms. The van der Waals surface area contributed by atoms with Crippen molar-refractivity contribution in [3.05, 3.63) is 18.0 Å². The van der Waals surface area contributed by atoms with Crippen LogP contribution in [0.3, 0.4) is 0 Å². The zero-order chi connectivity index (χ0) is 12.1. The van der Waals surface area contributed by atoms with Crippen molar-refractivity contribution < 1.29 is 8.42 Å². The second kappa shape index (κ2) is 3.55. The van der Waals surface area contributed by atoms with Crippen molar-refractivity contribution in [2.24, 2.45) is 5.73 Å². The van der Waals surface area contributed by atoms with Gasteiger partial charge in [0.15, 0.2) is 9.84 Å². The Labute approximate surface area is 101 Å². The fourth-order valence-corrected chi connectivity index (χ4v) is 4.17. The van der Waals surface area contributed by atoms with E-state index >= 15 is 0 Å². The quantitative estimate of drug-likeness (QED) is 0.841. The summed E-state index contributed by atoms with van der Waals surface area (Å²) in [6.45, 7) is 0. The highest BCUT2D eigenvalue weighted by atomic mass is 32.2. The van der Waals surface area contributed by atoms with E-state index in [1.54, 1.807) is 6.20 Å². The lowest BCUT2D eigenvalue weighted by Crippen LogP contribution is -2.27. The average molecular weight is 255 g/mol. The van der Waals surface area contributed by atoms with Gasteiger partial charge >= 0.3 is 0 Å². The van der Waals surface area contributed by atoms with E-state index in [0.717, 1.165) is 25.0 Å². The maximum absolute atomic E-state index is 11.5. The molecule has 1 aromatic rings. The molecule has 1 atom stereocenters. The number of hydrogen-bond donors (Lipinski definition) is 1.